The van der Waals surface area contributed by atoms with E-state index in [1.807, 2.05) is 54.6 Å². The Labute approximate surface area is 216 Å². The zero-order valence-electron chi connectivity index (χ0n) is 19.6. The molecule has 0 amide bonds. The van der Waals surface area contributed by atoms with Gasteiger partial charge in [0.2, 0.25) is 0 Å². The molecule has 2 radical (unpaired) electrons. The van der Waals surface area contributed by atoms with Crippen molar-refractivity contribution in [1.29, 1.82) is 0 Å². The molecular formula is C30H23BBrN3. The molecule has 2 unspecified atom stereocenters. The van der Waals surface area contributed by atoms with E-state index in [-0.39, 0.29) is 6.04 Å². The summed E-state index contributed by atoms with van der Waals surface area (Å²) in [5.41, 5.74) is 4.85. The van der Waals surface area contributed by atoms with E-state index in [0.29, 0.717) is 5.46 Å². The number of benzene rings is 3. The summed E-state index contributed by atoms with van der Waals surface area (Å²) in [4.78, 5) is 12.8. The smallest absolute Gasteiger partial charge is 0.147 e. The highest BCUT2D eigenvalue weighted by Gasteiger charge is 2.50. The first-order valence-corrected chi connectivity index (χ1v) is 12.3. The highest BCUT2D eigenvalue weighted by molar-refractivity contribution is 9.10. The maximum Gasteiger partial charge on any atom is 0.147 e. The van der Waals surface area contributed by atoms with Crippen LogP contribution in [0, 0.1) is 12.1 Å². The lowest BCUT2D eigenvalue weighted by molar-refractivity contribution is 0.528. The van der Waals surface area contributed by atoms with Crippen molar-refractivity contribution in [3.8, 4) is 0 Å². The van der Waals surface area contributed by atoms with E-state index in [1.165, 1.54) is 0 Å². The molecule has 5 rings (SSSR count). The Morgan fingerprint density at radius 1 is 0.971 bits per heavy atom. The van der Waals surface area contributed by atoms with Crippen molar-refractivity contribution < 1.29 is 0 Å². The van der Waals surface area contributed by atoms with Crippen molar-refractivity contribution >= 4 is 52.2 Å². The molecule has 3 nitrogen and oxygen atoms in total. The summed E-state index contributed by atoms with van der Waals surface area (Å²) < 4.78 is 1.03. The Morgan fingerprint density at radius 2 is 1.69 bits per heavy atom. The fourth-order valence-electron chi connectivity index (χ4n) is 4.73. The molecule has 0 N–H and O–H groups in total. The van der Waals surface area contributed by atoms with Gasteiger partial charge in [-0.3, -0.25) is 4.99 Å². The van der Waals surface area contributed by atoms with Crippen LogP contribution in [0.2, 0.25) is 0 Å². The predicted molar refractivity (Wildman–Crippen MR) is 149 cm³/mol. The van der Waals surface area contributed by atoms with E-state index in [1.54, 1.807) is 0 Å². The van der Waals surface area contributed by atoms with Gasteiger partial charge in [-0.2, -0.15) is 0 Å². The average molecular weight is 516 g/mol. The summed E-state index contributed by atoms with van der Waals surface area (Å²) in [7, 11) is 5.91. The second-order valence-corrected chi connectivity index (χ2v) is 9.52. The first-order chi connectivity index (χ1) is 17.0. The van der Waals surface area contributed by atoms with Crippen LogP contribution in [0.5, 0.6) is 0 Å². The summed E-state index contributed by atoms with van der Waals surface area (Å²) in [6.45, 7) is 4.26. The highest BCUT2D eigenvalue weighted by atomic mass is 79.9. The number of amidine groups is 1. The van der Waals surface area contributed by atoms with E-state index in [0.717, 1.165) is 38.5 Å². The summed E-state index contributed by atoms with van der Waals surface area (Å²) in [6, 6.07) is 38.3. The van der Waals surface area contributed by atoms with Crippen molar-refractivity contribution in [3.05, 3.63) is 125 Å². The third-order valence-corrected chi connectivity index (χ3v) is 7.01. The Kier molecular flexibility index (Phi) is 6.32. The molecule has 0 fully saturated rings. The summed E-state index contributed by atoms with van der Waals surface area (Å²) >= 11 is 3.57. The van der Waals surface area contributed by atoms with Crippen LogP contribution in [-0.4, -0.2) is 25.4 Å². The van der Waals surface area contributed by atoms with Gasteiger partial charge in [0.25, 0.3) is 0 Å². The van der Waals surface area contributed by atoms with Gasteiger partial charge in [-0.25, -0.2) is 4.99 Å². The number of nitrogens with zero attached hydrogens (tertiary/aromatic N) is 3. The van der Waals surface area contributed by atoms with Crippen LogP contribution in [0.3, 0.4) is 0 Å². The monoisotopic (exact) mass is 515 g/mol. The Hall–Kier alpha value is -3.62. The molecule has 1 aliphatic heterocycles. The third kappa shape index (κ3) is 4.31. The number of hydrogen-bond donors (Lipinski definition) is 0. The zero-order chi connectivity index (χ0) is 24.4. The minimum atomic E-state index is -0.731. The molecule has 0 aromatic heterocycles. The molecular weight excluding hydrogens is 493 g/mol. The van der Waals surface area contributed by atoms with Gasteiger partial charge in [0.1, 0.15) is 19.2 Å². The van der Waals surface area contributed by atoms with Gasteiger partial charge in [-0.1, -0.05) is 76.0 Å². The lowest BCUT2D eigenvalue weighted by atomic mass is 9.80. The average Bonchev–Trinajstić information content (AvgIpc) is 3.21. The largest absolute Gasteiger partial charge is 0.320 e. The van der Waals surface area contributed by atoms with E-state index in [2.05, 4.69) is 89.3 Å². The first kappa shape index (κ1) is 23.1. The predicted octanol–water partition coefficient (Wildman–Crippen LogP) is 6.19. The summed E-state index contributed by atoms with van der Waals surface area (Å²) in [5.74, 6) is 0.903. The Morgan fingerprint density at radius 3 is 2.34 bits per heavy atom. The molecule has 0 aliphatic carbocycles. The van der Waals surface area contributed by atoms with Crippen LogP contribution in [-0.2, 0) is 5.54 Å². The maximum absolute atomic E-state index is 5.91. The number of rotatable bonds is 5. The molecule has 1 aliphatic rings. The molecule has 168 valence electrons. The van der Waals surface area contributed by atoms with Gasteiger partial charge < -0.3 is 4.90 Å². The Bertz CT molecular complexity index is 1370. The van der Waals surface area contributed by atoms with Crippen LogP contribution in [0.4, 0.5) is 11.4 Å². The number of hydrogen-bond acceptors (Lipinski definition) is 3. The van der Waals surface area contributed by atoms with Crippen LogP contribution in [0.25, 0.3) is 0 Å². The van der Waals surface area contributed by atoms with E-state index < -0.39 is 5.54 Å². The zero-order valence-corrected chi connectivity index (χ0v) is 21.2. The van der Waals surface area contributed by atoms with E-state index >= 15 is 0 Å². The lowest BCUT2D eigenvalue weighted by Gasteiger charge is -2.36. The molecule has 0 bridgehead atoms. The molecule has 4 aromatic rings. The standard InChI is InChI=1S/C30H23BBrN3/c1-21(33-27-17-13-25(31)14-18-27)30(24-11-7-4-8-12-24)22(2)35(28-19-15-26(32)16-20-28)29(34-30)23-9-5-3-6-10-23/h3,5-7,9-20,22H,1-2H3. The van der Waals surface area contributed by atoms with Crippen molar-refractivity contribution in [2.24, 2.45) is 9.98 Å². The van der Waals surface area contributed by atoms with Crippen LogP contribution >= 0.6 is 15.9 Å². The molecule has 2 atom stereocenters. The highest BCUT2D eigenvalue weighted by Crippen LogP contribution is 2.43. The van der Waals surface area contributed by atoms with Crippen molar-refractivity contribution in [2.45, 2.75) is 25.4 Å². The SMILES string of the molecule is [B]c1ccc(N=C(C)C2(c3cc#ccc3)N=C(c3ccccc3)N(c3ccc(Br)cc3)C2C)cc1. The van der Waals surface area contributed by atoms with Crippen molar-refractivity contribution in [3.63, 3.8) is 0 Å². The molecule has 35 heavy (non-hydrogen) atoms. The Balaban J connectivity index is 1.75. The van der Waals surface area contributed by atoms with Gasteiger partial charge in [0.05, 0.1) is 11.7 Å². The quantitative estimate of drug-likeness (QED) is 0.230. The minimum Gasteiger partial charge on any atom is -0.320 e. The summed E-state index contributed by atoms with van der Waals surface area (Å²) in [6.07, 6.45) is 0. The van der Waals surface area contributed by atoms with Gasteiger partial charge in [-0.15, -0.1) is 0 Å². The van der Waals surface area contributed by atoms with Crippen LogP contribution in [0.15, 0.2) is 112 Å². The van der Waals surface area contributed by atoms with Crippen molar-refractivity contribution in [2.75, 3.05) is 4.90 Å². The summed E-state index contributed by atoms with van der Waals surface area (Å²) in [5, 5.41) is 0. The van der Waals surface area contributed by atoms with Crippen LogP contribution < -0.4 is 10.4 Å². The third-order valence-electron chi connectivity index (χ3n) is 6.48. The molecule has 5 heteroatoms. The van der Waals surface area contributed by atoms with Gasteiger partial charge >= 0.3 is 0 Å². The maximum atomic E-state index is 5.91. The number of aliphatic imine (C=N–C) groups is 2. The minimum absolute atomic E-state index is 0.0628. The number of halogens is 1. The molecule has 0 spiro atoms. The fraction of sp³-hybridized carbons (Fsp3) is 0.133. The molecule has 1 heterocycles. The first-order valence-electron chi connectivity index (χ1n) is 11.5. The second kappa shape index (κ2) is 9.56. The van der Waals surface area contributed by atoms with Gasteiger partial charge in [-0.05, 0) is 74.0 Å². The molecule has 0 saturated heterocycles. The van der Waals surface area contributed by atoms with E-state index in [4.69, 9.17) is 17.8 Å². The van der Waals surface area contributed by atoms with Crippen molar-refractivity contribution in [1.82, 2.24) is 0 Å². The molecule has 4 aromatic carbocycles. The van der Waals surface area contributed by atoms with E-state index in [9.17, 15) is 0 Å². The van der Waals surface area contributed by atoms with Gasteiger partial charge in [0, 0.05) is 21.4 Å². The second-order valence-electron chi connectivity index (χ2n) is 8.60. The molecule has 0 saturated carbocycles. The normalized spacial score (nSPS) is 19.9. The van der Waals surface area contributed by atoms with Gasteiger partial charge in [0.15, 0.2) is 0 Å². The number of anilines is 1. The topological polar surface area (TPSA) is 28.0 Å². The lowest BCUT2D eigenvalue weighted by Crippen LogP contribution is -2.47. The fourth-order valence-corrected chi connectivity index (χ4v) is 5.00. The van der Waals surface area contributed by atoms with Crippen LogP contribution in [0.1, 0.15) is 25.0 Å².